The fourth-order valence-corrected chi connectivity index (χ4v) is 5.87. The normalized spacial score (nSPS) is 36.0. The van der Waals surface area contributed by atoms with Crippen LogP contribution in [-0.2, 0) is 14.4 Å². The van der Waals surface area contributed by atoms with Gasteiger partial charge in [-0.05, 0) is 54.8 Å². The Hall–Kier alpha value is -2.11. The number of hydrogen-bond donors (Lipinski definition) is 3. The molecule has 4 atom stereocenters. The summed E-state index contributed by atoms with van der Waals surface area (Å²) in [5.74, 6) is -1.90. The van der Waals surface area contributed by atoms with E-state index >= 15 is 0 Å². The highest BCUT2D eigenvalue weighted by atomic mass is 16.4. The largest absolute Gasteiger partial charge is 0.504 e. The van der Waals surface area contributed by atoms with Crippen LogP contribution in [0.2, 0.25) is 0 Å². The summed E-state index contributed by atoms with van der Waals surface area (Å²) in [6, 6.07) is 0. The number of aliphatic hydroxyl groups excluding tert-OH is 1. The van der Waals surface area contributed by atoms with E-state index in [-0.39, 0.29) is 22.1 Å². The third kappa shape index (κ3) is 3.49. The van der Waals surface area contributed by atoms with Crippen molar-refractivity contribution in [1.82, 2.24) is 5.32 Å². The number of aliphatic hydroxyl groups is 1. The van der Waals surface area contributed by atoms with Crippen LogP contribution < -0.4 is 5.32 Å². The molecule has 3 N–H and O–H groups in total. The summed E-state index contributed by atoms with van der Waals surface area (Å²) in [5.41, 5.74) is 0.128. The molecule has 0 saturated heterocycles. The number of carboxylic acid groups (broad SMARTS) is 1. The van der Waals surface area contributed by atoms with Gasteiger partial charge in [0.15, 0.2) is 5.76 Å². The van der Waals surface area contributed by atoms with Crippen LogP contribution in [0.1, 0.15) is 65.7 Å². The maximum absolute atomic E-state index is 13.0. The van der Waals surface area contributed by atoms with Gasteiger partial charge in [0.25, 0.3) is 0 Å². The van der Waals surface area contributed by atoms with Crippen LogP contribution in [0.3, 0.4) is 0 Å². The second kappa shape index (κ2) is 7.37. The van der Waals surface area contributed by atoms with E-state index in [1.165, 1.54) is 25.7 Å². The molecule has 3 aliphatic rings. The van der Waals surface area contributed by atoms with E-state index in [4.69, 9.17) is 5.11 Å². The Morgan fingerprint density at radius 1 is 1.21 bits per heavy atom. The molecule has 28 heavy (non-hydrogen) atoms. The molecule has 0 aromatic carbocycles. The second-order valence-corrected chi connectivity index (χ2v) is 9.40. The molecule has 3 aliphatic carbocycles. The second-order valence-electron chi connectivity index (χ2n) is 9.40. The fraction of sp³-hybridized carbons (Fsp3) is 0.682. The first-order chi connectivity index (χ1) is 13.1. The summed E-state index contributed by atoms with van der Waals surface area (Å²) in [7, 11) is 0. The van der Waals surface area contributed by atoms with Crippen molar-refractivity contribution < 1.29 is 24.6 Å². The molecule has 0 aliphatic heterocycles. The van der Waals surface area contributed by atoms with Crippen LogP contribution in [0.5, 0.6) is 0 Å². The molecule has 0 heterocycles. The zero-order valence-corrected chi connectivity index (χ0v) is 17.0. The van der Waals surface area contributed by atoms with Gasteiger partial charge in [0.2, 0.25) is 11.6 Å². The molecule has 3 rings (SSSR count). The van der Waals surface area contributed by atoms with Crippen molar-refractivity contribution in [2.24, 2.45) is 22.7 Å². The number of hydrogen-bond acceptors (Lipinski definition) is 5. The van der Waals surface area contributed by atoms with Gasteiger partial charge in [-0.25, -0.2) is 0 Å². The first-order valence-electron chi connectivity index (χ1n) is 10.3. The number of aliphatic carboxylic acids is 1. The van der Waals surface area contributed by atoms with Gasteiger partial charge in [-0.2, -0.15) is 0 Å². The van der Waals surface area contributed by atoms with Gasteiger partial charge < -0.3 is 15.5 Å². The van der Waals surface area contributed by atoms with E-state index in [2.05, 4.69) is 26.1 Å². The lowest BCUT2D eigenvalue weighted by atomic mass is 9.47. The first kappa shape index (κ1) is 20.6. The van der Waals surface area contributed by atoms with Gasteiger partial charge in [-0.15, -0.1) is 0 Å². The first-order valence-corrected chi connectivity index (χ1v) is 10.3. The summed E-state index contributed by atoms with van der Waals surface area (Å²) < 4.78 is 0. The molecule has 6 nitrogen and oxygen atoms in total. The third-order valence-corrected chi connectivity index (χ3v) is 7.70. The summed E-state index contributed by atoms with van der Waals surface area (Å²) in [5, 5.41) is 21.8. The fourth-order valence-electron chi connectivity index (χ4n) is 5.87. The molecule has 0 spiro atoms. The predicted octanol–water partition coefficient (Wildman–Crippen LogP) is 3.53. The van der Waals surface area contributed by atoms with Gasteiger partial charge in [-0.3, -0.25) is 14.4 Å². The monoisotopic (exact) mass is 389 g/mol. The molecule has 2 saturated carbocycles. The highest BCUT2D eigenvalue weighted by Crippen LogP contribution is 2.61. The van der Waals surface area contributed by atoms with Crippen molar-refractivity contribution in [3.63, 3.8) is 0 Å². The van der Waals surface area contributed by atoms with Crippen molar-refractivity contribution in [3.05, 3.63) is 23.1 Å². The molecule has 4 unspecified atom stereocenters. The van der Waals surface area contributed by atoms with Crippen LogP contribution >= 0.6 is 0 Å². The highest BCUT2D eigenvalue weighted by molar-refractivity contribution is 6.21. The number of carbonyl (C=O) groups is 3. The van der Waals surface area contributed by atoms with Crippen LogP contribution in [0.15, 0.2) is 23.1 Å². The lowest BCUT2D eigenvalue weighted by Gasteiger charge is -2.58. The summed E-state index contributed by atoms with van der Waals surface area (Å²) in [6.45, 7) is 6.31. The summed E-state index contributed by atoms with van der Waals surface area (Å²) in [6.07, 6.45) is 8.28. The number of fused-ring (bicyclic) bond motifs is 1. The minimum absolute atomic E-state index is 0.0429. The number of nitrogens with one attached hydrogen (secondary N) is 1. The number of ketones is 2. The van der Waals surface area contributed by atoms with Crippen LogP contribution in [0, 0.1) is 22.7 Å². The Bertz CT molecular complexity index is 767. The minimum Gasteiger partial charge on any atom is -0.504 e. The topological polar surface area (TPSA) is 104 Å². The molecule has 0 amide bonds. The molecule has 0 aromatic rings. The minimum atomic E-state index is -1.12. The molecule has 0 bridgehead atoms. The van der Waals surface area contributed by atoms with Crippen molar-refractivity contribution in [3.8, 4) is 0 Å². The zero-order chi connectivity index (χ0) is 20.7. The van der Waals surface area contributed by atoms with E-state index in [1.54, 1.807) is 0 Å². The quantitative estimate of drug-likeness (QED) is 0.622. The van der Waals surface area contributed by atoms with Crippen LogP contribution in [0.4, 0.5) is 0 Å². The number of rotatable bonds is 5. The average Bonchev–Trinajstić information content (AvgIpc) is 2.64. The lowest BCUT2D eigenvalue weighted by Crippen LogP contribution is -2.50. The predicted molar refractivity (Wildman–Crippen MR) is 105 cm³/mol. The standard InChI is InChI=1S/C22H31NO5/c1-13-7-9-21(2)8-5-4-6-17(21)22(13,3)11-14-19(27)15(23-12-18(25)26)10-16(24)20(14)28/h10,13,17,23,28H,4-9,11-12H2,1-3H3,(H,25,26). The Labute approximate surface area is 166 Å². The smallest absolute Gasteiger partial charge is 0.322 e. The molecule has 0 aromatic heterocycles. The van der Waals surface area contributed by atoms with E-state index in [1.807, 2.05) is 0 Å². The highest BCUT2D eigenvalue weighted by Gasteiger charge is 2.53. The summed E-state index contributed by atoms with van der Waals surface area (Å²) in [4.78, 5) is 36.0. The average molecular weight is 389 g/mol. The number of carbonyl (C=O) groups excluding carboxylic acids is 2. The molecule has 0 radical (unpaired) electrons. The van der Waals surface area contributed by atoms with Crippen LogP contribution in [0.25, 0.3) is 0 Å². The number of allylic oxidation sites excluding steroid dienone is 2. The lowest BCUT2D eigenvalue weighted by molar-refractivity contribution is -0.135. The maximum Gasteiger partial charge on any atom is 0.322 e. The van der Waals surface area contributed by atoms with Gasteiger partial charge in [0.1, 0.15) is 6.54 Å². The Morgan fingerprint density at radius 3 is 2.61 bits per heavy atom. The molecule has 2 fully saturated rings. The van der Waals surface area contributed by atoms with Crippen LogP contribution in [-0.4, -0.2) is 34.3 Å². The van der Waals surface area contributed by atoms with Gasteiger partial charge in [0.05, 0.1) is 5.70 Å². The van der Waals surface area contributed by atoms with E-state index < -0.39 is 29.8 Å². The van der Waals surface area contributed by atoms with Crippen molar-refractivity contribution in [2.75, 3.05) is 6.54 Å². The van der Waals surface area contributed by atoms with Crippen molar-refractivity contribution in [1.29, 1.82) is 0 Å². The zero-order valence-electron chi connectivity index (χ0n) is 17.0. The van der Waals surface area contributed by atoms with E-state index in [9.17, 15) is 19.5 Å². The number of carboxylic acids is 1. The SMILES string of the molecule is CC1CCC2(C)CCCCC2C1(C)CC1=C(O)C(=O)C=C(NCC(=O)O)C1=O. The van der Waals surface area contributed by atoms with Crippen molar-refractivity contribution in [2.45, 2.75) is 65.7 Å². The van der Waals surface area contributed by atoms with Gasteiger partial charge in [-0.1, -0.05) is 33.6 Å². The molecule has 154 valence electrons. The van der Waals surface area contributed by atoms with E-state index in [0.29, 0.717) is 18.3 Å². The summed E-state index contributed by atoms with van der Waals surface area (Å²) >= 11 is 0. The molecular formula is C22H31NO5. The number of Topliss-reactive ketones (excluding diaryl/α,β-unsaturated/α-hetero) is 1. The van der Waals surface area contributed by atoms with E-state index in [0.717, 1.165) is 18.9 Å². The van der Waals surface area contributed by atoms with Gasteiger partial charge >= 0.3 is 5.97 Å². The molecule has 6 heteroatoms. The molecular weight excluding hydrogens is 358 g/mol. The Balaban J connectivity index is 1.91. The third-order valence-electron chi connectivity index (χ3n) is 7.70. The maximum atomic E-state index is 13.0. The Morgan fingerprint density at radius 2 is 1.93 bits per heavy atom. The van der Waals surface area contributed by atoms with Crippen molar-refractivity contribution >= 4 is 17.5 Å². The van der Waals surface area contributed by atoms with Gasteiger partial charge in [0, 0.05) is 11.6 Å². The Kier molecular flexibility index (Phi) is 5.43.